The SMILES string of the molecule is O=S(=O)(CCCN1CCN(CCO)CC1)c1ccc(Cl)cc1. The van der Waals surface area contributed by atoms with Gasteiger partial charge in [0.25, 0.3) is 0 Å². The summed E-state index contributed by atoms with van der Waals surface area (Å²) in [7, 11) is -3.23. The molecule has 0 spiro atoms. The second kappa shape index (κ2) is 8.26. The number of nitrogens with zero attached hydrogens (tertiary/aromatic N) is 2. The molecular weight excluding hydrogens is 324 g/mol. The Morgan fingerprint density at radius 2 is 1.55 bits per heavy atom. The zero-order chi connectivity index (χ0) is 16.0. The maximum absolute atomic E-state index is 12.2. The van der Waals surface area contributed by atoms with Crippen LogP contribution < -0.4 is 0 Å². The number of hydrogen-bond acceptors (Lipinski definition) is 5. The predicted octanol–water partition coefficient (Wildman–Crippen LogP) is 1.11. The number of aliphatic hydroxyl groups excluding tert-OH is 1. The van der Waals surface area contributed by atoms with E-state index in [0.717, 1.165) is 39.3 Å². The van der Waals surface area contributed by atoms with Gasteiger partial charge in [0, 0.05) is 37.7 Å². The Kier molecular flexibility index (Phi) is 6.65. The summed E-state index contributed by atoms with van der Waals surface area (Å²) in [6.45, 7) is 5.44. The van der Waals surface area contributed by atoms with Gasteiger partial charge in [0.1, 0.15) is 0 Å². The number of halogens is 1. The third-order valence-electron chi connectivity index (χ3n) is 3.94. The van der Waals surface area contributed by atoms with Crippen molar-refractivity contribution in [2.45, 2.75) is 11.3 Å². The minimum Gasteiger partial charge on any atom is -0.395 e. The van der Waals surface area contributed by atoms with Crippen LogP contribution >= 0.6 is 11.6 Å². The molecule has 1 heterocycles. The van der Waals surface area contributed by atoms with E-state index in [4.69, 9.17) is 16.7 Å². The summed E-state index contributed by atoms with van der Waals surface area (Å²) in [5.74, 6) is 0.158. The van der Waals surface area contributed by atoms with Crippen LogP contribution in [0.3, 0.4) is 0 Å². The number of benzene rings is 1. The maximum atomic E-state index is 12.2. The lowest BCUT2D eigenvalue weighted by Gasteiger charge is -2.34. The van der Waals surface area contributed by atoms with Gasteiger partial charge in [-0.05, 0) is 37.2 Å². The Morgan fingerprint density at radius 3 is 2.09 bits per heavy atom. The third kappa shape index (κ3) is 5.21. The summed E-state index contributed by atoms with van der Waals surface area (Å²) in [6.07, 6.45) is 0.630. The summed E-state index contributed by atoms with van der Waals surface area (Å²) in [4.78, 5) is 4.84. The molecule has 5 nitrogen and oxygen atoms in total. The van der Waals surface area contributed by atoms with Crippen LogP contribution in [0.4, 0.5) is 0 Å². The Balaban J connectivity index is 1.75. The Hall–Kier alpha value is -0.660. The molecule has 0 aliphatic carbocycles. The fraction of sp³-hybridized carbons (Fsp3) is 0.600. The molecule has 0 radical (unpaired) electrons. The Labute approximate surface area is 137 Å². The summed E-state index contributed by atoms with van der Waals surface area (Å²) < 4.78 is 24.4. The van der Waals surface area contributed by atoms with Gasteiger partial charge in [-0.2, -0.15) is 0 Å². The molecule has 0 unspecified atom stereocenters. The number of piperazine rings is 1. The summed E-state index contributed by atoms with van der Waals surface area (Å²) in [5.41, 5.74) is 0. The van der Waals surface area contributed by atoms with Gasteiger partial charge < -0.3 is 10.0 Å². The van der Waals surface area contributed by atoms with E-state index in [9.17, 15) is 8.42 Å². The quantitative estimate of drug-likeness (QED) is 0.801. The zero-order valence-electron chi connectivity index (χ0n) is 12.6. The van der Waals surface area contributed by atoms with Crippen LogP contribution in [-0.4, -0.2) is 75.0 Å². The Morgan fingerprint density at radius 1 is 1.00 bits per heavy atom. The second-order valence-corrected chi connectivity index (χ2v) is 8.08. The third-order valence-corrected chi connectivity index (χ3v) is 6.01. The van der Waals surface area contributed by atoms with Crippen molar-refractivity contribution in [3.05, 3.63) is 29.3 Å². The molecule has 1 N–H and O–H groups in total. The average molecular weight is 347 g/mol. The van der Waals surface area contributed by atoms with Gasteiger partial charge in [0.05, 0.1) is 17.3 Å². The van der Waals surface area contributed by atoms with Crippen molar-refractivity contribution in [2.75, 3.05) is 51.6 Å². The van der Waals surface area contributed by atoms with Crippen LogP contribution in [-0.2, 0) is 9.84 Å². The topological polar surface area (TPSA) is 60.9 Å². The fourth-order valence-corrected chi connectivity index (χ4v) is 4.04. The first-order valence-electron chi connectivity index (χ1n) is 7.55. The minimum atomic E-state index is -3.23. The number of aliphatic hydroxyl groups is 1. The molecule has 1 aliphatic heterocycles. The van der Waals surface area contributed by atoms with Crippen molar-refractivity contribution in [1.82, 2.24) is 9.80 Å². The van der Waals surface area contributed by atoms with E-state index in [2.05, 4.69) is 9.80 Å². The first-order chi connectivity index (χ1) is 10.5. The highest BCUT2D eigenvalue weighted by Gasteiger charge is 2.18. The van der Waals surface area contributed by atoms with Crippen LogP contribution in [0.15, 0.2) is 29.2 Å². The monoisotopic (exact) mass is 346 g/mol. The minimum absolute atomic E-state index is 0.158. The predicted molar refractivity (Wildman–Crippen MR) is 88.1 cm³/mol. The largest absolute Gasteiger partial charge is 0.395 e. The molecule has 0 bridgehead atoms. The normalized spacial score (nSPS) is 17.7. The molecule has 7 heteroatoms. The van der Waals surface area contributed by atoms with E-state index in [1.165, 1.54) is 0 Å². The van der Waals surface area contributed by atoms with Crippen molar-refractivity contribution >= 4 is 21.4 Å². The van der Waals surface area contributed by atoms with Crippen LogP contribution in [0, 0.1) is 0 Å². The number of sulfone groups is 1. The lowest BCUT2D eigenvalue weighted by atomic mass is 10.3. The number of rotatable bonds is 7. The molecule has 1 aliphatic rings. The standard InChI is InChI=1S/C15H23ClN2O3S/c16-14-2-4-15(5-3-14)22(20,21)13-1-6-17-7-9-18(10-8-17)11-12-19/h2-5,19H,1,6-13H2. The van der Waals surface area contributed by atoms with Crippen LogP contribution in [0.25, 0.3) is 0 Å². The van der Waals surface area contributed by atoms with E-state index < -0.39 is 9.84 Å². The van der Waals surface area contributed by atoms with Gasteiger partial charge in [-0.25, -0.2) is 8.42 Å². The van der Waals surface area contributed by atoms with Crippen molar-refractivity contribution in [2.24, 2.45) is 0 Å². The van der Waals surface area contributed by atoms with E-state index >= 15 is 0 Å². The summed E-state index contributed by atoms with van der Waals surface area (Å²) in [6, 6.07) is 6.33. The highest BCUT2D eigenvalue weighted by atomic mass is 35.5. The maximum Gasteiger partial charge on any atom is 0.178 e. The van der Waals surface area contributed by atoms with Crippen molar-refractivity contribution in [3.63, 3.8) is 0 Å². The van der Waals surface area contributed by atoms with Crippen LogP contribution in [0.1, 0.15) is 6.42 Å². The van der Waals surface area contributed by atoms with Crippen molar-refractivity contribution in [3.8, 4) is 0 Å². The van der Waals surface area contributed by atoms with Crippen molar-refractivity contribution < 1.29 is 13.5 Å². The number of hydrogen-bond donors (Lipinski definition) is 1. The lowest BCUT2D eigenvalue weighted by molar-refractivity contribution is 0.113. The number of β-amino-alcohol motifs (C(OH)–C–C–N with tert-alkyl or cyclic N) is 1. The molecule has 0 aromatic heterocycles. The highest BCUT2D eigenvalue weighted by molar-refractivity contribution is 7.91. The molecule has 1 saturated heterocycles. The van der Waals surface area contributed by atoms with E-state index in [0.29, 0.717) is 16.3 Å². The van der Waals surface area contributed by atoms with Crippen LogP contribution in [0.5, 0.6) is 0 Å². The second-order valence-electron chi connectivity index (χ2n) is 5.53. The van der Waals surface area contributed by atoms with Gasteiger partial charge in [-0.3, -0.25) is 4.90 Å². The molecule has 0 saturated carbocycles. The molecule has 1 aromatic rings. The van der Waals surface area contributed by atoms with Crippen LogP contribution in [0.2, 0.25) is 5.02 Å². The van der Waals surface area contributed by atoms with Gasteiger partial charge in [0.2, 0.25) is 0 Å². The first-order valence-corrected chi connectivity index (χ1v) is 9.58. The lowest BCUT2D eigenvalue weighted by Crippen LogP contribution is -2.47. The molecule has 0 amide bonds. The fourth-order valence-electron chi connectivity index (χ4n) is 2.62. The van der Waals surface area contributed by atoms with E-state index in [-0.39, 0.29) is 12.4 Å². The summed E-state index contributed by atoms with van der Waals surface area (Å²) >= 11 is 5.78. The Bertz CT molecular complexity index is 555. The molecule has 2 rings (SSSR count). The molecular formula is C15H23ClN2O3S. The van der Waals surface area contributed by atoms with Gasteiger partial charge >= 0.3 is 0 Å². The molecule has 124 valence electrons. The molecule has 0 atom stereocenters. The smallest absolute Gasteiger partial charge is 0.178 e. The molecule has 1 aromatic carbocycles. The van der Waals surface area contributed by atoms with E-state index in [1.807, 2.05) is 0 Å². The first kappa shape index (κ1) is 17.7. The highest BCUT2D eigenvalue weighted by Crippen LogP contribution is 2.16. The molecule has 1 fully saturated rings. The zero-order valence-corrected chi connectivity index (χ0v) is 14.2. The summed E-state index contributed by atoms with van der Waals surface area (Å²) in [5, 5.41) is 9.45. The van der Waals surface area contributed by atoms with Gasteiger partial charge in [-0.15, -0.1) is 0 Å². The van der Waals surface area contributed by atoms with Gasteiger partial charge in [-0.1, -0.05) is 11.6 Å². The molecule has 22 heavy (non-hydrogen) atoms. The van der Waals surface area contributed by atoms with Gasteiger partial charge in [0.15, 0.2) is 9.84 Å². The average Bonchev–Trinajstić information content (AvgIpc) is 2.50. The van der Waals surface area contributed by atoms with E-state index in [1.54, 1.807) is 24.3 Å². The van der Waals surface area contributed by atoms with Crippen molar-refractivity contribution in [1.29, 1.82) is 0 Å².